The molecule has 0 aliphatic rings. The molecule has 0 unspecified atom stereocenters. The monoisotopic (exact) mass is 235 g/mol. The second kappa shape index (κ2) is 5.77. The van der Waals surface area contributed by atoms with E-state index in [1.165, 1.54) is 6.07 Å². The van der Waals surface area contributed by atoms with Crippen molar-refractivity contribution in [3.8, 4) is 6.07 Å². The normalized spacial score (nSPS) is 9.71. The van der Waals surface area contributed by atoms with Gasteiger partial charge in [-0.1, -0.05) is 0 Å². The third-order valence-electron chi connectivity index (χ3n) is 2.26. The number of hydrogen-bond donors (Lipinski definition) is 1. The van der Waals surface area contributed by atoms with Crippen molar-refractivity contribution in [3.63, 3.8) is 0 Å². The first-order valence-corrected chi connectivity index (χ1v) is 5.13. The van der Waals surface area contributed by atoms with Crippen molar-refractivity contribution >= 4 is 11.5 Å². The molecule has 0 aliphatic heterocycles. The van der Waals surface area contributed by atoms with Gasteiger partial charge in [-0.05, 0) is 6.92 Å². The van der Waals surface area contributed by atoms with Crippen LogP contribution in [0.15, 0.2) is 12.3 Å². The highest BCUT2D eigenvalue weighted by Crippen LogP contribution is 2.21. The fraction of sp³-hybridized carbons (Fsp3) is 0.400. The lowest BCUT2D eigenvalue weighted by Crippen LogP contribution is -2.30. The molecule has 1 heterocycles. The van der Waals surface area contributed by atoms with Crippen molar-refractivity contribution in [2.75, 3.05) is 24.5 Å². The molecule has 7 heteroatoms. The minimum atomic E-state index is -0.573. The molecule has 1 rings (SSSR count). The predicted octanol–water partition coefficient (Wildman–Crippen LogP) is 0.646. The van der Waals surface area contributed by atoms with Crippen LogP contribution in [-0.2, 0) is 0 Å². The van der Waals surface area contributed by atoms with Crippen LogP contribution in [0, 0.1) is 21.4 Å². The summed E-state index contributed by atoms with van der Waals surface area (Å²) < 4.78 is 0. The molecule has 0 amide bonds. The maximum absolute atomic E-state index is 10.6. The lowest BCUT2D eigenvalue weighted by atomic mass is 10.2. The molecule has 90 valence electrons. The van der Waals surface area contributed by atoms with Crippen molar-refractivity contribution < 1.29 is 4.92 Å². The van der Waals surface area contributed by atoms with Crippen LogP contribution in [0.1, 0.15) is 12.5 Å². The number of anilines is 1. The Morgan fingerprint density at radius 1 is 1.71 bits per heavy atom. The second-order valence-corrected chi connectivity index (χ2v) is 3.30. The number of likely N-dealkylation sites (N-methyl/N-ethyl adjacent to an activating group) is 1. The van der Waals surface area contributed by atoms with Gasteiger partial charge in [0.15, 0.2) is 0 Å². The van der Waals surface area contributed by atoms with Crippen LogP contribution < -0.4 is 10.6 Å². The first-order valence-electron chi connectivity index (χ1n) is 5.13. The first-order chi connectivity index (χ1) is 8.13. The molecular formula is C10H13N5O2. The number of nitro groups is 1. The van der Waals surface area contributed by atoms with E-state index in [0.29, 0.717) is 25.5 Å². The summed E-state index contributed by atoms with van der Waals surface area (Å²) >= 11 is 0. The van der Waals surface area contributed by atoms with Crippen LogP contribution in [0.4, 0.5) is 11.5 Å². The van der Waals surface area contributed by atoms with Crippen LogP contribution in [-0.4, -0.2) is 29.5 Å². The van der Waals surface area contributed by atoms with E-state index in [0.717, 1.165) is 6.20 Å². The quantitative estimate of drug-likeness (QED) is 0.592. The van der Waals surface area contributed by atoms with Crippen molar-refractivity contribution in [1.29, 1.82) is 5.26 Å². The Hall–Kier alpha value is -2.20. The molecule has 0 fully saturated rings. The molecule has 0 bridgehead atoms. The molecule has 7 nitrogen and oxygen atoms in total. The lowest BCUT2D eigenvalue weighted by Gasteiger charge is -2.21. The molecule has 2 N–H and O–H groups in total. The van der Waals surface area contributed by atoms with Crippen molar-refractivity contribution in [2.45, 2.75) is 6.92 Å². The third-order valence-corrected chi connectivity index (χ3v) is 2.26. The van der Waals surface area contributed by atoms with Crippen molar-refractivity contribution in [2.24, 2.45) is 5.73 Å². The van der Waals surface area contributed by atoms with Gasteiger partial charge in [-0.15, -0.1) is 0 Å². The summed E-state index contributed by atoms with van der Waals surface area (Å²) in [6.45, 7) is 3.52. The fourth-order valence-corrected chi connectivity index (χ4v) is 1.45. The van der Waals surface area contributed by atoms with E-state index >= 15 is 0 Å². The van der Waals surface area contributed by atoms with Gasteiger partial charge in [0.25, 0.3) is 5.69 Å². The van der Waals surface area contributed by atoms with Gasteiger partial charge < -0.3 is 10.6 Å². The van der Waals surface area contributed by atoms with Crippen LogP contribution in [0.3, 0.4) is 0 Å². The molecule has 0 saturated heterocycles. The number of nitrogens with zero attached hydrogens (tertiary/aromatic N) is 4. The number of hydrogen-bond acceptors (Lipinski definition) is 6. The maximum Gasteiger partial charge on any atom is 0.289 e. The van der Waals surface area contributed by atoms with Crippen LogP contribution in [0.25, 0.3) is 0 Å². The molecular weight excluding hydrogens is 222 g/mol. The molecule has 1 aromatic heterocycles. The summed E-state index contributed by atoms with van der Waals surface area (Å²) in [7, 11) is 0. The average Bonchev–Trinajstić information content (AvgIpc) is 2.35. The molecule has 0 spiro atoms. The molecule has 0 aromatic carbocycles. The zero-order valence-corrected chi connectivity index (χ0v) is 9.46. The van der Waals surface area contributed by atoms with E-state index in [-0.39, 0.29) is 11.3 Å². The molecule has 0 radical (unpaired) electrons. The largest absolute Gasteiger partial charge is 0.355 e. The van der Waals surface area contributed by atoms with Crippen molar-refractivity contribution in [3.05, 3.63) is 27.9 Å². The van der Waals surface area contributed by atoms with Gasteiger partial charge in [0.2, 0.25) is 0 Å². The number of rotatable bonds is 5. The molecule has 0 saturated carbocycles. The fourth-order valence-electron chi connectivity index (χ4n) is 1.45. The maximum atomic E-state index is 10.6. The summed E-state index contributed by atoms with van der Waals surface area (Å²) in [5.41, 5.74) is 5.45. The van der Waals surface area contributed by atoms with E-state index in [1.54, 1.807) is 0 Å². The van der Waals surface area contributed by atoms with Gasteiger partial charge in [-0.3, -0.25) is 10.1 Å². The van der Waals surface area contributed by atoms with Crippen molar-refractivity contribution in [1.82, 2.24) is 4.98 Å². The number of aromatic nitrogens is 1. The topological polar surface area (TPSA) is 109 Å². The van der Waals surface area contributed by atoms with E-state index in [9.17, 15) is 10.1 Å². The van der Waals surface area contributed by atoms with Gasteiger partial charge in [0.1, 0.15) is 23.6 Å². The minimum absolute atomic E-state index is 0.186. The average molecular weight is 235 g/mol. The zero-order chi connectivity index (χ0) is 12.8. The third kappa shape index (κ3) is 2.89. The van der Waals surface area contributed by atoms with Gasteiger partial charge in [-0.25, -0.2) is 4.98 Å². The van der Waals surface area contributed by atoms with Crippen LogP contribution in [0.2, 0.25) is 0 Å². The van der Waals surface area contributed by atoms with E-state index < -0.39 is 4.92 Å². The Labute approximate surface area is 98.6 Å². The van der Waals surface area contributed by atoms with Gasteiger partial charge in [0.05, 0.1) is 4.92 Å². The number of nitrogens with two attached hydrogens (primary N) is 1. The molecule has 1 aromatic rings. The van der Waals surface area contributed by atoms with E-state index in [1.807, 2.05) is 17.9 Å². The summed E-state index contributed by atoms with van der Waals surface area (Å²) in [5.74, 6) is 0.436. The predicted molar refractivity (Wildman–Crippen MR) is 62.5 cm³/mol. The lowest BCUT2D eigenvalue weighted by molar-refractivity contribution is -0.385. The summed E-state index contributed by atoms with van der Waals surface area (Å²) in [6.07, 6.45) is 1.15. The van der Waals surface area contributed by atoms with Crippen LogP contribution >= 0.6 is 0 Å². The second-order valence-electron chi connectivity index (χ2n) is 3.30. The van der Waals surface area contributed by atoms with E-state index in [2.05, 4.69) is 4.98 Å². The SMILES string of the molecule is CCN(CCN)c1ncc([N+](=O)[O-])cc1C#N. The number of pyridine rings is 1. The summed E-state index contributed by atoms with van der Waals surface area (Å²) in [6, 6.07) is 3.14. The standard InChI is InChI=1S/C10H13N5O2/c1-2-14(4-3-11)10-8(6-12)5-9(7-13-10)15(16)17/h5,7H,2-4,11H2,1H3. The Morgan fingerprint density at radius 3 is 2.88 bits per heavy atom. The number of nitriles is 1. The Bertz CT molecular complexity index is 454. The van der Waals surface area contributed by atoms with Crippen LogP contribution in [0.5, 0.6) is 0 Å². The van der Waals surface area contributed by atoms with Gasteiger partial charge in [-0.2, -0.15) is 5.26 Å². The highest BCUT2D eigenvalue weighted by molar-refractivity contribution is 5.57. The Morgan fingerprint density at radius 2 is 2.41 bits per heavy atom. The smallest absolute Gasteiger partial charge is 0.289 e. The highest BCUT2D eigenvalue weighted by atomic mass is 16.6. The molecule has 0 aliphatic carbocycles. The van der Waals surface area contributed by atoms with Gasteiger partial charge in [0, 0.05) is 25.7 Å². The minimum Gasteiger partial charge on any atom is -0.355 e. The van der Waals surface area contributed by atoms with Gasteiger partial charge >= 0.3 is 0 Å². The summed E-state index contributed by atoms with van der Waals surface area (Å²) in [4.78, 5) is 15.8. The summed E-state index contributed by atoms with van der Waals surface area (Å²) in [5, 5.41) is 19.5. The Kier molecular flexibility index (Phi) is 4.37. The van der Waals surface area contributed by atoms with E-state index in [4.69, 9.17) is 11.0 Å². The first kappa shape index (κ1) is 12.9. The highest BCUT2D eigenvalue weighted by Gasteiger charge is 2.15. The Balaban J connectivity index is 3.16. The molecule has 0 atom stereocenters. The zero-order valence-electron chi connectivity index (χ0n) is 9.46. The molecule has 17 heavy (non-hydrogen) atoms.